The Morgan fingerprint density at radius 1 is 1.32 bits per heavy atom. The Morgan fingerprint density at radius 2 is 2.04 bits per heavy atom. The van der Waals surface area contributed by atoms with Crippen LogP contribution >= 0.6 is 23.1 Å². The van der Waals surface area contributed by atoms with Gasteiger partial charge in [0.25, 0.3) is 0 Å². The standard InChI is InChI=1S/C15H17F3N4O3S3/c1-3-7-26-14-21-20-13(27-14)19-12(23)9-22(28(2,24)25)11-6-4-5-10(8-11)15(16,17)18/h4-6,8H,3,7,9H2,1-2H3,(H,19,20,23). The van der Waals surface area contributed by atoms with E-state index in [-0.39, 0.29) is 10.8 Å². The average Bonchev–Trinajstić information content (AvgIpc) is 3.03. The zero-order valence-electron chi connectivity index (χ0n) is 14.9. The molecule has 1 N–H and O–H groups in total. The van der Waals surface area contributed by atoms with Crippen molar-refractivity contribution in [2.45, 2.75) is 23.9 Å². The summed E-state index contributed by atoms with van der Waals surface area (Å²) < 4.78 is 64.0. The smallest absolute Gasteiger partial charge is 0.299 e. The number of rotatable bonds is 8. The quantitative estimate of drug-likeness (QED) is 0.485. The van der Waals surface area contributed by atoms with Crippen molar-refractivity contribution in [2.75, 3.05) is 28.2 Å². The summed E-state index contributed by atoms with van der Waals surface area (Å²) in [7, 11) is -4.01. The number of thioether (sulfide) groups is 1. The summed E-state index contributed by atoms with van der Waals surface area (Å²) in [5.74, 6) is 0.0889. The van der Waals surface area contributed by atoms with Gasteiger partial charge in [0.1, 0.15) is 6.54 Å². The molecule has 13 heteroatoms. The molecule has 0 bridgehead atoms. The average molecular weight is 455 g/mol. The van der Waals surface area contributed by atoms with Crippen LogP contribution in [0.15, 0.2) is 28.6 Å². The summed E-state index contributed by atoms with van der Waals surface area (Å²) in [5.41, 5.74) is -1.27. The minimum atomic E-state index is -4.64. The van der Waals surface area contributed by atoms with Crippen LogP contribution < -0.4 is 9.62 Å². The highest BCUT2D eigenvalue weighted by atomic mass is 32.2. The molecule has 28 heavy (non-hydrogen) atoms. The first-order valence-corrected chi connectivity index (χ1v) is 11.6. The number of halogens is 3. The molecule has 2 aromatic rings. The first kappa shape index (κ1) is 22.4. The second-order valence-electron chi connectivity index (χ2n) is 5.59. The Morgan fingerprint density at radius 3 is 2.64 bits per heavy atom. The SMILES string of the molecule is CCCSc1nnc(NC(=O)CN(c2cccc(C(F)(F)F)c2)S(C)(=O)=O)s1. The van der Waals surface area contributed by atoms with E-state index in [1.165, 1.54) is 17.8 Å². The molecule has 1 amide bonds. The van der Waals surface area contributed by atoms with Crippen LogP contribution in [0.5, 0.6) is 0 Å². The highest BCUT2D eigenvalue weighted by Gasteiger charge is 2.32. The van der Waals surface area contributed by atoms with Crippen molar-refractivity contribution in [1.82, 2.24) is 10.2 Å². The van der Waals surface area contributed by atoms with E-state index in [0.29, 0.717) is 14.7 Å². The van der Waals surface area contributed by atoms with Crippen molar-refractivity contribution < 1.29 is 26.4 Å². The number of benzene rings is 1. The van der Waals surface area contributed by atoms with Crippen LogP contribution in [0.2, 0.25) is 0 Å². The molecule has 7 nitrogen and oxygen atoms in total. The van der Waals surface area contributed by atoms with Gasteiger partial charge in [-0.1, -0.05) is 36.1 Å². The maximum atomic E-state index is 12.9. The highest BCUT2D eigenvalue weighted by molar-refractivity contribution is 8.01. The number of aromatic nitrogens is 2. The fourth-order valence-corrected chi connectivity index (χ4v) is 4.58. The molecular weight excluding hydrogens is 437 g/mol. The lowest BCUT2D eigenvalue weighted by molar-refractivity contribution is -0.137. The van der Waals surface area contributed by atoms with Crippen molar-refractivity contribution in [1.29, 1.82) is 0 Å². The molecule has 154 valence electrons. The van der Waals surface area contributed by atoms with Crippen molar-refractivity contribution in [3.8, 4) is 0 Å². The lowest BCUT2D eigenvalue weighted by atomic mass is 10.2. The lowest BCUT2D eigenvalue weighted by Gasteiger charge is -2.22. The number of hydrogen-bond acceptors (Lipinski definition) is 7. The third-order valence-electron chi connectivity index (χ3n) is 3.23. The Bertz CT molecular complexity index is 932. The molecule has 2 rings (SSSR count). The van der Waals surface area contributed by atoms with Gasteiger partial charge in [0, 0.05) is 5.75 Å². The van der Waals surface area contributed by atoms with E-state index in [2.05, 4.69) is 15.5 Å². The fraction of sp³-hybridized carbons (Fsp3) is 0.400. The van der Waals surface area contributed by atoms with Gasteiger partial charge in [0.15, 0.2) is 4.34 Å². The van der Waals surface area contributed by atoms with Crippen LogP contribution in [-0.4, -0.2) is 43.1 Å². The molecule has 0 unspecified atom stereocenters. The maximum Gasteiger partial charge on any atom is 0.416 e. The molecular formula is C15H17F3N4O3S3. The predicted octanol–water partition coefficient (Wildman–Crippen LogP) is 3.46. The van der Waals surface area contributed by atoms with Gasteiger partial charge in [0.05, 0.1) is 17.5 Å². The molecule has 0 radical (unpaired) electrons. The second-order valence-corrected chi connectivity index (χ2v) is 9.81. The van der Waals surface area contributed by atoms with E-state index in [4.69, 9.17) is 0 Å². The lowest BCUT2D eigenvalue weighted by Crippen LogP contribution is -2.37. The molecule has 0 saturated carbocycles. The number of carbonyl (C=O) groups is 1. The summed E-state index contributed by atoms with van der Waals surface area (Å²) >= 11 is 2.60. The van der Waals surface area contributed by atoms with Crippen LogP contribution in [0, 0.1) is 0 Å². The molecule has 1 aromatic heterocycles. The molecule has 0 fully saturated rings. The number of nitrogens with one attached hydrogen (secondary N) is 1. The van der Waals surface area contributed by atoms with Crippen LogP contribution in [0.4, 0.5) is 24.0 Å². The molecule has 0 aliphatic heterocycles. The summed E-state index contributed by atoms with van der Waals surface area (Å²) in [6, 6.07) is 3.77. The summed E-state index contributed by atoms with van der Waals surface area (Å²) in [6.45, 7) is 1.31. The predicted molar refractivity (Wildman–Crippen MR) is 103 cm³/mol. The number of nitrogens with zero attached hydrogens (tertiary/aromatic N) is 3. The Labute approximate surface area is 168 Å². The monoisotopic (exact) mass is 454 g/mol. The largest absolute Gasteiger partial charge is 0.416 e. The first-order chi connectivity index (χ1) is 13.0. The van der Waals surface area contributed by atoms with E-state index in [0.717, 1.165) is 41.9 Å². The topological polar surface area (TPSA) is 92.3 Å². The normalized spacial score (nSPS) is 12.0. The van der Waals surface area contributed by atoms with Crippen LogP contribution in [0.25, 0.3) is 0 Å². The Hall–Kier alpha value is -1.86. The van der Waals surface area contributed by atoms with Gasteiger partial charge in [-0.15, -0.1) is 10.2 Å². The number of sulfonamides is 1. The van der Waals surface area contributed by atoms with Gasteiger partial charge in [0.2, 0.25) is 21.1 Å². The Kier molecular flexibility index (Phi) is 7.28. The van der Waals surface area contributed by atoms with Gasteiger partial charge in [-0.3, -0.25) is 14.4 Å². The van der Waals surface area contributed by atoms with Gasteiger partial charge in [-0.05, 0) is 24.6 Å². The minimum absolute atomic E-state index is 0.182. The number of hydrogen-bond donors (Lipinski definition) is 1. The second kappa shape index (κ2) is 9.09. The number of anilines is 2. The van der Waals surface area contributed by atoms with Crippen molar-refractivity contribution in [2.24, 2.45) is 0 Å². The van der Waals surface area contributed by atoms with E-state index in [1.807, 2.05) is 6.92 Å². The third kappa shape index (κ3) is 6.34. The van der Waals surface area contributed by atoms with Crippen LogP contribution in [-0.2, 0) is 21.0 Å². The first-order valence-electron chi connectivity index (χ1n) is 7.92. The van der Waals surface area contributed by atoms with E-state index < -0.39 is 34.2 Å². The van der Waals surface area contributed by atoms with Crippen LogP contribution in [0.3, 0.4) is 0 Å². The molecule has 0 saturated heterocycles. The number of amides is 1. The minimum Gasteiger partial charge on any atom is -0.299 e. The molecule has 0 spiro atoms. The van der Waals surface area contributed by atoms with Crippen molar-refractivity contribution in [3.63, 3.8) is 0 Å². The van der Waals surface area contributed by atoms with Crippen LogP contribution in [0.1, 0.15) is 18.9 Å². The van der Waals surface area contributed by atoms with Gasteiger partial charge in [-0.25, -0.2) is 8.42 Å². The molecule has 1 heterocycles. The highest BCUT2D eigenvalue weighted by Crippen LogP contribution is 2.32. The fourth-order valence-electron chi connectivity index (χ4n) is 2.03. The third-order valence-corrected chi connectivity index (χ3v) is 6.55. The number of carbonyl (C=O) groups excluding carboxylic acids is 1. The van der Waals surface area contributed by atoms with Gasteiger partial charge in [-0.2, -0.15) is 13.2 Å². The molecule has 0 aliphatic rings. The zero-order chi connectivity index (χ0) is 20.9. The summed E-state index contributed by atoms with van der Waals surface area (Å²) in [5, 5.41) is 10.3. The molecule has 1 aromatic carbocycles. The maximum absolute atomic E-state index is 12.9. The summed E-state index contributed by atoms with van der Waals surface area (Å²) in [6.07, 6.45) is -2.89. The molecule has 0 atom stereocenters. The van der Waals surface area contributed by atoms with Gasteiger partial charge < -0.3 is 0 Å². The Balaban J connectivity index is 2.17. The van der Waals surface area contributed by atoms with E-state index in [1.54, 1.807) is 0 Å². The van der Waals surface area contributed by atoms with E-state index >= 15 is 0 Å². The van der Waals surface area contributed by atoms with Gasteiger partial charge >= 0.3 is 6.18 Å². The van der Waals surface area contributed by atoms with Crippen molar-refractivity contribution >= 4 is 49.8 Å². The number of alkyl halides is 3. The molecule has 0 aliphatic carbocycles. The summed E-state index contributed by atoms with van der Waals surface area (Å²) in [4.78, 5) is 12.2. The zero-order valence-corrected chi connectivity index (χ0v) is 17.3. The van der Waals surface area contributed by atoms with Crippen molar-refractivity contribution in [3.05, 3.63) is 29.8 Å². The van der Waals surface area contributed by atoms with E-state index in [9.17, 15) is 26.4 Å².